The van der Waals surface area contributed by atoms with E-state index in [0.29, 0.717) is 22.8 Å². The third-order valence-corrected chi connectivity index (χ3v) is 4.53. The minimum atomic E-state index is -4.42. The van der Waals surface area contributed by atoms with Crippen LogP contribution < -0.4 is 5.32 Å². The third-order valence-electron chi connectivity index (χ3n) is 4.53. The number of hydrogen-bond donors (Lipinski definition) is 2. The molecule has 3 aromatic heterocycles. The molecule has 29 heavy (non-hydrogen) atoms. The first-order valence-corrected chi connectivity index (χ1v) is 8.58. The molecule has 10 heteroatoms. The molecule has 0 aliphatic heterocycles. The molecule has 0 spiro atoms. The van der Waals surface area contributed by atoms with Crippen LogP contribution in [0.4, 0.5) is 24.7 Å². The number of nitrogens with zero attached hydrogens (tertiary/aromatic N) is 5. The van der Waals surface area contributed by atoms with Crippen molar-refractivity contribution >= 4 is 28.1 Å². The Morgan fingerprint density at radius 2 is 1.86 bits per heavy atom. The molecule has 0 saturated heterocycles. The number of halogens is 3. The summed E-state index contributed by atoms with van der Waals surface area (Å²) < 4.78 is 41.0. The Morgan fingerprint density at radius 3 is 2.66 bits per heavy atom. The maximum absolute atomic E-state index is 13.0. The van der Waals surface area contributed by atoms with Gasteiger partial charge in [-0.05, 0) is 59.0 Å². The molecule has 144 valence electrons. The summed E-state index contributed by atoms with van der Waals surface area (Å²) in [5, 5.41) is 16.7. The van der Waals surface area contributed by atoms with Crippen molar-refractivity contribution in [2.75, 3.05) is 5.32 Å². The average Bonchev–Trinajstić information content (AvgIpc) is 3.39. The highest BCUT2D eigenvalue weighted by atomic mass is 19.4. The Bertz CT molecular complexity index is 1320. The molecule has 3 heterocycles. The second-order valence-electron chi connectivity index (χ2n) is 6.38. The van der Waals surface area contributed by atoms with Gasteiger partial charge in [0.1, 0.15) is 0 Å². The lowest BCUT2D eigenvalue weighted by Gasteiger charge is -2.13. The second kappa shape index (κ2) is 6.30. The Labute approximate surface area is 161 Å². The molecule has 5 rings (SSSR count). The fourth-order valence-corrected chi connectivity index (χ4v) is 3.21. The van der Waals surface area contributed by atoms with E-state index in [2.05, 4.69) is 30.9 Å². The van der Waals surface area contributed by atoms with Crippen LogP contribution >= 0.6 is 0 Å². The number of fused-ring (bicyclic) bond motifs is 3. The van der Waals surface area contributed by atoms with Crippen LogP contribution in [0.1, 0.15) is 5.56 Å². The number of hydrogen-bond acceptors (Lipinski definition) is 5. The van der Waals surface area contributed by atoms with Crippen molar-refractivity contribution in [2.24, 2.45) is 0 Å². The molecule has 0 fully saturated rings. The lowest BCUT2D eigenvalue weighted by molar-refractivity contribution is -0.137. The van der Waals surface area contributed by atoms with Gasteiger partial charge in [0.15, 0.2) is 11.6 Å². The SMILES string of the molecule is FC(F)(F)c1cccc(Nc2nc3cc(-c4nnn[nH]4)ccc3n3cccc23)c1. The van der Waals surface area contributed by atoms with Crippen LogP contribution in [0.15, 0.2) is 60.8 Å². The van der Waals surface area contributed by atoms with Gasteiger partial charge >= 0.3 is 6.18 Å². The van der Waals surface area contributed by atoms with E-state index >= 15 is 0 Å². The van der Waals surface area contributed by atoms with Gasteiger partial charge in [0.25, 0.3) is 0 Å². The smallest absolute Gasteiger partial charge is 0.338 e. The van der Waals surface area contributed by atoms with Crippen molar-refractivity contribution in [3.63, 3.8) is 0 Å². The molecular weight excluding hydrogens is 383 g/mol. The summed E-state index contributed by atoms with van der Waals surface area (Å²) in [6, 6.07) is 14.3. The van der Waals surface area contributed by atoms with E-state index in [4.69, 9.17) is 0 Å². The van der Waals surface area contributed by atoms with Gasteiger partial charge in [-0.25, -0.2) is 10.1 Å². The van der Waals surface area contributed by atoms with Crippen LogP contribution in [-0.2, 0) is 6.18 Å². The van der Waals surface area contributed by atoms with Crippen LogP contribution in [-0.4, -0.2) is 30.0 Å². The highest BCUT2D eigenvalue weighted by Crippen LogP contribution is 2.32. The topological polar surface area (TPSA) is 83.8 Å². The number of tetrazole rings is 1. The average molecular weight is 395 g/mol. The van der Waals surface area contributed by atoms with Gasteiger partial charge in [0.2, 0.25) is 0 Å². The molecule has 0 amide bonds. The van der Waals surface area contributed by atoms with Crippen LogP contribution in [0.2, 0.25) is 0 Å². The summed E-state index contributed by atoms with van der Waals surface area (Å²) in [7, 11) is 0. The maximum Gasteiger partial charge on any atom is 0.416 e. The van der Waals surface area contributed by atoms with Crippen molar-refractivity contribution in [3.05, 3.63) is 66.4 Å². The Morgan fingerprint density at radius 1 is 0.966 bits per heavy atom. The fraction of sp³-hybridized carbons (Fsp3) is 0.0526. The number of aromatic nitrogens is 6. The Balaban J connectivity index is 1.64. The van der Waals surface area contributed by atoms with Gasteiger partial charge in [0.05, 0.1) is 22.1 Å². The van der Waals surface area contributed by atoms with Gasteiger partial charge in [-0.1, -0.05) is 6.07 Å². The molecule has 5 aromatic rings. The van der Waals surface area contributed by atoms with Gasteiger partial charge in [-0.2, -0.15) is 13.2 Å². The van der Waals surface area contributed by atoms with Crippen LogP contribution in [0.5, 0.6) is 0 Å². The monoisotopic (exact) mass is 395 g/mol. The zero-order valence-electron chi connectivity index (χ0n) is 14.6. The molecular formula is C19H12F3N7. The number of nitrogens with one attached hydrogen (secondary N) is 2. The van der Waals surface area contributed by atoms with E-state index in [1.165, 1.54) is 6.07 Å². The van der Waals surface area contributed by atoms with E-state index in [1.54, 1.807) is 6.07 Å². The Hall–Kier alpha value is -3.95. The zero-order chi connectivity index (χ0) is 20.0. The van der Waals surface area contributed by atoms with E-state index in [0.717, 1.165) is 28.7 Å². The Kier molecular flexibility index (Phi) is 3.73. The van der Waals surface area contributed by atoms with Crippen molar-refractivity contribution in [1.82, 2.24) is 30.0 Å². The molecule has 0 atom stereocenters. The van der Waals surface area contributed by atoms with Gasteiger partial charge in [-0.15, -0.1) is 5.10 Å². The highest BCUT2D eigenvalue weighted by molar-refractivity contribution is 5.88. The van der Waals surface area contributed by atoms with Crippen molar-refractivity contribution in [2.45, 2.75) is 6.18 Å². The molecule has 0 radical (unpaired) electrons. The normalized spacial score (nSPS) is 12.0. The molecule has 2 N–H and O–H groups in total. The number of aromatic amines is 1. The quantitative estimate of drug-likeness (QED) is 0.472. The van der Waals surface area contributed by atoms with Gasteiger partial charge < -0.3 is 9.72 Å². The third kappa shape index (κ3) is 3.04. The van der Waals surface area contributed by atoms with Crippen LogP contribution in [0, 0.1) is 0 Å². The number of alkyl halides is 3. The summed E-state index contributed by atoms with van der Waals surface area (Å²) in [6.45, 7) is 0. The van der Waals surface area contributed by atoms with E-state index in [-0.39, 0.29) is 0 Å². The van der Waals surface area contributed by atoms with E-state index < -0.39 is 11.7 Å². The number of rotatable bonds is 3. The van der Waals surface area contributed by atoms with Crippen molar-refractivity contribution < 1.29 is 13.2 Å². The van der Waals surface area contributed by atoms with Gasteiger partial charge in [-0.3, -0.25) is 0 Å². The standard InChI is InChI=1S/C19H12F3N7/c20-19(21,22)12-3-1-4-13(10-12)23-18-16-5-2-8-29(16)15-7-6-11(9-14(15)24-18)17-25-27-28-26-17/h1-10H,(H,23,24)(H,25,26,27,28). The first-order chi connectivity index (χ1) is 14.0. The zero-order valence-corrected chi connectivity index (χ0v) is 14.6. The van der Waals surface area contributed by atoms with Crippen molar-refractivity contribution in [3.8, 4) is 11.4 Å². The molecule has 7 nitrogen and oxygen atoms in total. The molecule has 2 aromatic carbocycles. The van der Waals surface area contributed by atoms with E-state index in [1.807, 2.05) is 40.9 Å². The predicted molar refractivity (Wildman–Crippen MR) is 101 cm³/mol. The van der Waals surface area contributed by atoms with Crippen LogP contribution in [0.3, 0.4) is 0 Å². The predicted octanol–water partition coefficient (Wildman–Crippen LogP) is 4.43. The largest absolute Gasteiger partial charge is 0.416 e. The molecule has 0 aliphatic rings. The molecule has 0 saturated carbocycles. The maximum atomic E-state index is 13.0. The molecule has 0 unspecified atom stereocenters. The lowest BCUT2D eigenvalue weighted by atomic mass is 10.1. The second-order valence-corrected chi connectivity index (χ2v) is 6.38. The summed E-state index contributed by atoms with van der Waals surface area (Å²) in [6.07, 6.45) is -2.55. The lowest BCUT2D eigenvalue weighted by Crippen LogP contribution is -2.06. The highest BCUT2D eigenvalue weighted by Gasteiger charge is 2.30. The van der Waals surface area contributed by atoms with Crippen molar-refractivity contribution in [1.29, 1.82) is 0 Å². The minimum absolute atomic E-state index is 0.297. The van der Waals surface area contributed by atoms with Crippen LogP contribution in [0.25, 0.3) is 27.9 Å². The first-order valence-electron chi connectivity index (χ1n) is 8.58. The molecule has 0 aliphatic carbocycles. The van der Waals surface area contributed by atoms with Gasteiger partial charge in [0, 0.05) is 17.4 Å². The summed E-state index contributed by atoms with van der Waals surface area (Å²) in [5.41, 5.74) is 2.53. The van der Waals surface area contributed by atoms with E-state index in [9.17, 15) is 13.2 Å². The summed E-state index contributed by atoms with van der Waals surface area (Å²) in [5.74, 6) is 0.934. The molecule has 0 bridgehead atoms. The number of anilines is 2. The summed E-state index contributed by atoms with van der Waals surface area (Å²) >= 11 is 0. The number of H-pyrrole nitrogens is 1. The number of benzene rings is 2. The summed E-state index contributed by atoms with van der Waals surface area (Å²) in [4.78, 5) is 4.64. The fourth-order valence-electron chi connectivity index (χ4n) is 3.21. The first kappa shape index (κ1) is 17.2. The minimum Gasteiger partial charge on any atom is -0.338 e.